The molecule has 0 bridgehead atoms. The molecule has 3 N–H and O–H groups in total. The molecule has 0 saturated carbocycles. The molecule has 2 aromatic rings. The van der Waals surface area contributed by atoms with E-state index in [4.69, 9.17) is 0 Å². The Bertz CT molecular complexity index is 720. The lowest BCUT2D eigenvalue weighted by atomic mass is 10.0. The maximum atomic E-state index is 12.4. The second-order valence-electron chi connectivity index (χ2n) is 6.23. The number of piperidine rings is 1. The Hall–Kier alpha value is -2.67. The smallest absolute Gasteiger partial charge is 0.269 e. The number of aromatic amines is 1. The lowest BCUT2D eigenvalue weighted by molar-refractivity contribution is -0.122. The van der Waals surface area contributed by atoms with E-state index in [1.165, 1.54) is 0 Å². The molecule has 2 amide bonds. The number of nitrogens with zero attached hydrogens (tertiary/aromatic N) is 2. The minimum Gasteiger partial charge on any atom is -0.358 e. The van der Waals surface area contributed by atoms with Crippen LogP contribution in [0.15, 0.2) is 36.4 Å². The van der Waals surface area contributed by atoms with Crippen molar-refractivity contribution in [3.05, 3.63) is 42.1 Å². The van der Waals surface area contributed by atoms with Gasteiger partial charge in [-0.05, 0) is 18.9 Å². The van der Waals surface area contributed by atoms with Gasteiger partial charge in [-0.25, -0.2) is 0 Å². The van der Waals surface area contributed by atoms with E-state index in [1.807, 2.05) is 30.3 Å². The molecule has 25 heavy (non-hydrogen) atoms. The lowest BCUT2D eigenvalue weighted by Crippen LogP contribution is -2.47. The third kappa shape index (κ3) is 4.45. The monoisotopic (exact) mass is 341 g/mol. The Morgan fingerprint density at radius 3 is 2.64 bits per heavy atom. The Morgan fingerprint density at radius 1 is 1.24 bits per heavy atom. The van der Waals surface area contributed by atoms with Crippen molar-refractivity contribution in [2.75, 3.05) is 26.7 Å². The van der Waals surface area contributed by atoms with Gasteiger partial charge in [-0.2, -0.15) is 5.10 Å². The minimum absolute atomic E-state index is 0.0217. The molecule has 0 spiro atoms. The van der Waals surface area contributed by atoms with Crippen LogP contribution in [0.25, 0.3) is 11.3 Å². The van der Waals surface area contributed by atoms with Crippen molar-refractivity contribution in [3.8, 4) is 11.3 Å². The van der Waals surface area contributed by atoms with Crippen LogP contribution in [0.2, 0.25) is 0 Å². The summed E-state index contributed by atoms with van der Waals surface area (Å²) in [5, 5.41) is 12.7. The van der Waals surface area contributed by atoms with Gasteiger partial charge in [0.2, 0.25) is 5.91 Å². The molecular formula is C18H23N5O2. The van der Waals surface area contributed by atoms with E-state index >= 15 is 0 Å². The van der Waals surface area contributed by atoms with Crippen molar-refractivity contribution in [1.29, 1.82) is 0 Å². The van der Waals surface area contributed by atoms with Gasteiger partial charge in [-0.3, -0.25) is 19.6 Å². The molecule has 2 heterocycles. The van der Waals surface area contributed by atoms with Gasteiger partial charge < -0.3 is 10.6 Å². The second-order valence-corrected chi connectivity index (χ2v) is 6.23. The number of hydrogen-bond donors (Lipinski definition) is 3. The van der Waals surface area contributed by atoms with Crippen LogP contribution < -0.4 is 10.6 Å². The van der Waals surface area contributed by atoms with Crippen LogP contribution in [-0.2, 0) is 4.79 Å². The highest BCUT2D eigenvalue weighted by atomic mass is 16.2. The van der Waals surface area contributed by atoms with E-state index in [0.717, 1.165) is 37.2 Å². The number of amides is 2. The highest BCUT2D eigenvalue weighted by Gasteiger charge is 2.23. The molecule has 1 saturated heterocycles. The van der Waals surface area contributed by atoms with Crippen molar-refractivity contribution in [2.24, 2.45) is 0 Å². The van der Waals surface area contributed by atoms with Crippen LogP contribution >= 0.6 is 0 Å². The first-order valence-electron chi connectivity index (χ1n) is 8.50. The largest absolute Gasteiger partial charge is 0.358 e. The standard InChI is InChI=1S/C18H23N5O2/c1-19-17(24)12-23-9-7-14(8-10-23)20-18(25)16-11-15(21-22-16)13-5-3-2-4-6-13/h2-6,11,14H,7-10,12H2,1H3,(H,19,24)(H,20,25)(H,21,22). The van der Waals surface area contributed by atoms with Gasteiger partial charge in [0, 0.05) is 31.7 Å². The van der Waals surface area contributed by atoms with Gasteiger partial charge in [0.05, 0.1) is 12.2 Å². The summed E-state index contributed by atoms with van der Waals surface area (Å²) in [5.41, 5.74) is 2.19. The predicted octanol–water partition coefficient (Wildman–Crippen LogP) is 1.02. The predicted molar refractivity (Wildman–Crippen MR) is 95.0 cm³/mol. The Morgan fingerprint density at radius 2 is 1.96 bits per heavy atom. The van der Waals surface area contributed by atoms with E-state index in [-0.39, 0.29) is 17.9 Å². The van der Waals surface area contributed by atoms with E-state index in [9.17, 15) is 9.59 Å². The highest BCUT2D eigenvalue weighted by Crippen LogP contribution is 2.17. The Kier molecular flexibility index (Phi) is 5.45. The summed E-state index contributed by atoms with van der Waals surface area (Å²) in [6.45, 7) is 2.02. The molecule has 3 rings (SSSR count). The molecule has 1 aliphatic rings. The van der Waals surface area contributed by atoms with Gasteiger partial charge in [-0.1, -0.05) is 30.3 Å². The number of hydrogen-bond acceptors (Lipinski definition) is 4. The van der Waals surface area contributed by atoms with Gasteiger partial charge >= 0.3 is 0 Å². The number of aromatic nitrogens is 2. The number of nitrogens with one attached hydrogen (secondary N) is 3. The normalized spacial score (nSPS) is 15.7. The first kappa shape index (κ1) is 17.2. The first-order chi connectivity index (χ1) is 12.2. The summed E-state index contributed by atoms with van der Waals surface area (Å²) < 4.78 is 0. The van der Waals surface area contributed by atoms with Crippen LogP contribution in [-0.4, -0.2) is 59.6 Å². The van der Waals surface area contributed by atoms with Crippen LogP contribution in [0.1, 0.15) is 23.3 Å². The number of H-pyrrole nitrogens is 1. The van der Waals surface area contributed by atoms with Crippen molar-refractivity contribution in [1.82, 2.24) is 25.7 Å². The van der Waals surface area contributed by atoms with Crippen LogP contribution in [0.3, 0.4) is 0 Å². The third-order valence-corrected chi connectivity index (χ3v) is 4.46. The summed E-state index contributed by atoms with van der Waals surface area (Å²) >= 11 is 0. The summed E-state index contributed by atoms with van der Waals surface area (Å²) in [7, 11) is 1.64. The van der Waals surface area contributed by atoms with Crippen molar-refractivity contribution in [2.45, 2.75) is 18.9 Å². The Balaban J connectivity index is 1.52. The molecule has 0 unspecified atom stereocenters. The molecule has 0 aliphatic carbocycles. The van der Waals surface area contributed by atoms with E-state index in [2.05, 4.69) is 25.7 Å². The van der Waals surface area contributed by atoms with E-state index in [0.29, 0.717) is 12.2 Å². The van der Waals surface area contributed by atoms with Gasteiger partial charge in [0.1, 0.15) is 5.69 Å². The number of rotatable bonds is 5. The molecule has 1 fully saturated rings. The maximum Gasteiger partial charge on any atom is 0.269 e. The summed E-state index contributed by atoms with van der Waals surface area (Å²) in [6.07, 6.45) is 1.67. The molecule has 1 aliphatic heterocycles. The molecule has 0 radical (unpaired) electrons. The molecule has 7 heteroatoms. The average molecular weight is 341 g/mol. The first-order valence-corrected chi connectivity index (χ1v) is 8.50. The fourth-order valence-electron chi connectivity index (χ4n) is 2.98. The topological polar surface area (TPSA) is 90.1 Å². The SMILES string of the molecule is CNC(=O)CN1CCC(NC(=O)c2cc(-c3ccccc3)n[nH]2)CC1. The van der Waals surface area contributed by atoms with Crippen LogP contribution in [0.4, 0.5) is 0 Å². The van der Waals surface area contributed by atoms with Gasteiger partial charge in [0.15, 0.2) is 0 Å². The third-order valence-electron chi connectivity index (χ3n) is 4.46. The zero-order valence-corrected chi connectivity index (χ0v) is 14.3. The van der Waals surface area contributed by atoms with E-state index in [1.54, 1.807) is 13.1 Å². The van der Waals surface area contributed by atoms with Gasteiger partial charge in [-0.15, -0.1) is 0 Å². The van der Waals surface area contributed by atoms with Crippen LogP contribution in [0, 0.1) is 0 Å². The number of benzene rings is 1. The molecule has 0 atom stereocenters. The van der Waals surface area contributed by atoms with Crippen LogP contribution in [0.5, 0.6) is 0 Å². The molecular weight excluding hydrogens is 318 g/mol. The summed E-state index contributed by atoms with van der Waals surface area (Å²) in [4.78, 5) is 25.9. The van der Waals surface area contributed by atoms with Gasteiger partial charge in [0.25, 0.3) is 5.91 Å². The van der Waals surface area contributed by atoms with Crippen molar-refractivity contribution < 1.29 is 9.59 Å². The minimum atomic E-state index is -0.139. The average Bonchev–Trinajstić information content (AvgIpc) is 3.14. The van der Waals surface area contributed by atoms with E-state index < -0.39 is 0 Å². The number of carbonyl (C=O) groups is 2. The molecule has 1 aromatic carbocycles. The molecule has 1 aromatic heterocycles. The van der Waals surface area contributed by atoms with Crippen molar-refractivity contribution in [3.63, 3.8) is 0 Å². The zero-order valence-electron chi connectivity index (χ0n) is 14.3. The zero-order chi connectivity index (χ0) is 17.6. The number of carbonyl (C=O) groups excluding carboxylic acids is 2. The number of likely N-dealkylation sites (N-methyl/N-ethyl adjacent to an activating group) is 1. The maximum absolute atomic E-state index is 12.4. The fourth-order valence-corrected chi connectivity index (χ4v) is 2.98. The fraction of sp³-hybridized carbons (Fsp3) is 0.389. The number of likely N-dealkylation sites (tertiary alicyclic amines) is 1. The Labute approximate surface area is 146 Å². The quantitative estimate of drug-likeness (QED) is 0.757. The highest BCUT2D eigenvalue weighted by molar-refractivity contribution is 5.93. The second kappa shape index (κ2) is 7.94. The molecule has 132 valence electrons. The molecule has 7 nitrogen and oxygen atoms in total. The lowest BCUT2D eigenvalue weighted by Gasteiger charge is -2.31. The summed E-state index contributed by atoms with van der Waals surface area (Å²) in [5.74, 6) is -0.118. The van der Waals surface area contributed by atoms with Crippen molar-refractivity contribution >= 4 is 11.8 Å². The summed E-state index contributed by atoms with van der Waals surface area (Å²) in [6, 6.07) is 11.6.